The van der Waals surface area contributed by atoms with Crippen LogP contribution in [0, 0.1) is 0 Å². The van der Waals surface area contributed by atoms with Gasteiger partial charge in [-0.1, -0.05) is 24.3 Å². The van der Waals surface area contributed by atoms with Crippen LogP contribution >= 0.6 is 0 Å². The van der Waals surface area contributed by atoms with Crippen LogP contribution in [0.15, 0.2) is 48.5 Å². The van der Waals surface area contributed by atoms with Crippen molar-refractivity contribution in [1.29, 1.82) is 0 Å². The molecule has 0 aliphatic carbocycles. The zero-order valence-electron chi connectivity index (χ0n) is 29.1. The lowest BCUT2D eigenvalue weighted by Gasteiger charge is -2.08. The molecule has 9 N–H and O–H groups in total. The molecule has 0 unspecified atom stereocenters. The van der Waals surface area contributed by atoms with E-state index >= 15 is 0 Å². The number of carbonyl (C=O) groups is 1. The Hall–Kier alpha value is -2.53. The highest BCUT2D eigenvalue weighted by molar-refractivity contribution is 5.74. The third-order valence-electron chi connectivity index (χ3n) is 6.20. The lowest BCUT2D eigenvalue weighted by Crippen LogP contribution is -2.20. The van der Waals surface area contributed by atoms with Crippen LogP contribution in [-0.2, 0) is 41.4 Å². The number of unbranched alkanes of at least 4 members (excludes halogenated alkanes) is 1. The number of carbonyl (C=O) groups excluding carboxylic acids is 1. The molecule has 0 spiro atoms. The summed E-state index contributed by atoms with van der Waals surface area (Å²) < 4.78 is 36.5. The minimum Gasteiger partial charge on any atom is -0.497 e. The molecule has 0 aromatic heterocycles. The minimum atomic E-state index is 0.556. The van der Waals surface area contributed by atoms with Crippen molar-refractivity contribution in [2.45, 2.75) is 25.8 Å². The number of methoxy groups -OCH3 is 1. The first-order valence-corrected chi connectivity index (χ1v) is 16.8. The van der Waals surface area contributed by atoms with Crippen molar-refractivity contribution in [2.24, 2.45) is 22.9 Å². The molecule has 0 bridgehead atoms. The predicted octanol–water partition coefficient (Wildman–Crippen LogP) is 1.53. The lowest BCUT2D eigenvalue weighted by atomic mass is 10.1. The van der Waals surface area contributed by atoms with Gasteiger partial charge in [0.15, 0.2) is 0 Å². The van der Waals surface area contributed by atoms with Gasteiger partial charge in [0, 0.05) is 51.4 Å². The summed E-state index contributed by atoms with van der Waals surface area (Å²) in [6.07, 6.45) is 4.09. The largest absolute Gasteiger partial charge is 0.497 e. The van der Waals surface area contributed by atoms with Crippen LogP contribution in [0.25, 0.3) is 0 Å². The number of benzene rings is 2. The number of aryl methyl sites for hydroxylation is 1. The third kappa shape index (κ3) is 30.8. The maximum atomic E-state index is 10.2. The topological polar surface area (TPSA) is 198 Å². The van der Waals surface area contributed by atoms with E-state index in [0.717, 1.165) is 51.0 Å². The van der Waals surface area contributed by atoms with Gasteiger partial charge >= 0.3 is 0 Å². The maximum Gasteiger partial charge on any atom is 0.150 e. The molecule has 0 fully saturated rings. The Balaban J connectivity index is 0.000000893. The number of ether oxygens (including phenoxy) is 7. The summed E-state index contributed by atoms with van der Waals surface area (Å²) >= 11 is 0. The van der Waals surface area contributed by atoms with Crippen LogP contribution in [0.4, 0.5) is 0 Å². The monoisotopic (exact) mass is 681 g/mol. The van der Waals surface area contributed by atoms with E-state index in [1.54, 1.807) is 31.4 Å². The van der Waals surface area contributed by atoms with Gasteiger partial charge in [-0.25, -0.2) is 0 Å². The highest BCUT2D eigenvalue weighted by Crippen LogP contribution is 2.09. The van der Waals surface area contributed by atoms with Crippen LogP contribution in [0.5, 0.6) is 5.75 Å². The Kier molecular flexibility index (Phi) is 35.3. The van der Waals surface area contributed by atoms with Crippen LogP contribution < -0.4 is 33.0 Å². The van der Waals surface area contributed by atoms with E-state index in [0.29, 0.717) is 104 Å². The summed E-state index contributed by atoms with van der Waals surface area (Å²) in [4.78, 5) is 10.2. The molecular weight excluding hydrogens is 618 g/mol. The number of nitrogens with two attached hydrogens (primary N) is 4. The summed E-state index contributed by atoms with van der Waals surface area (Å²) in [5, 5.41) is 3.39. The molecule has 0 heterocycles. The maximum absolute atomic E-state index is 10.2. The number of hydrogen-bond acceptors (Lipinski definition) is 13. The Morgan fingerprint density at radius 3 is 1.42 bits per heavy atom. The summed E-state index contributed by atoms with van der Waals surface area (Å²) in [5.41, 5.74) is 24.4. The fourth-order valence-electron chi connectivity index (χ4n) is 3.72. The molecule has 0 aliphatic heterocycles. The van der Waals surface area contributed by atoms with E-state index in [4.69, 9.17) is 56.1 Å². The molecule has 13 heteroatoms. The van der Waals surface area contributed by atoms with Gasteiger partial charge < -0.3 is 61.4 Å². The summed E-state index contributed by atoms with van der Waals surface area (Å²) in [6, 6.07) is 15.7. The summed E-state index contributed by atoms with van der Waals surface area (Å²) in [6.45, 7) is 11.5. The summed E-state index contributed by atoms with van der Waals surface area (Å²) in [5.74, 6) is 0.769. The SMILES string of the molecule is COc1ccc(C=O)cc1.NCCOCCOCCCCc1ccc(CNCCOCCOCCN)cc1.NCCOCCOCCN. The first kappa shape index (κ1) is 45.5. The van der Waals surface area contributed by atoms with Crippen LogP contribution in [-0.4, -0.2) is 125 Å². The van der Waals surface area contributed by atoms with E-state index in [-0.39, 0.29) is 0 Å². The van der Waals surface area contributed by atoms with Crippen LogP contribution in [0.3, 0.4) is 0 Å². The molecular formula is C35H63N5O8. The Labute approximate surface area is 288 Å². The van der Waals surface area contributed by atoms with E-state index in [9.17, 15) is 4.79 Å². The highest BCUT2D eigenvalue weighted by Gasteiger charge is 1.98. The van der Waals surface area contributed by atoms with Gasteiger partial charge in [-0.3, -0.25) is 4.79 Å². The molecule has 48 heavy (non-hydrogen) atoms. The van der Waals surface area contributed by atoms with Gasteiger partial charge in [0.05, 0.1) is 79.8 Å². The fourth-order valence-corrected chi connectivity index (χ4v) is 3.72. The average Bonchev–Trinajstić information content (AvgIpc) is 3.13. The van der Waals surface area contributed by atoms with Gasteiger partial charge in [0.1, 0.15) is 12.0 Å². The quantitative estimate of drug-likeness (QED) is 0.0613. The molecule has 0 saturated carbocycles. The van der Waals surface area contributed by atoms with Crippen molar-refractivity contribution in [1.82, 2.24) is 5.32 Å². The van der Waals surface area contributed by atoms with Crippen molar-refractivity contribution in [3.63, 3.8) is 0 Å². The number of aldehydes is 1. The van der Waals surface area contributed by atoms with Crippen LogP contribution in [0.1, 0.15) is 34.3 Å². The number of rotatable bonds is 29. The van der Waals surface area contributed by atoms with E-state index in [1.807, 2.05) is 0 Å². The standard InChI is InChI=1S/C21H39N3O4.C8H8O2.C6H16N2O2/c22-8-12-26-16-15-25-11-2-1-3-20-4-6-21(7-5-20)19-24-10-14-28-18-17-27-13-9-23;1-10-8-4-2-7(6-9)3-5-8;7-1-3-9-5-6-10-4-2-8/h4-7,24H,1-3,8-19,22-23H2;2-6H,1H3;1-8H2. The molecule has 0 aliphatic rings. The fraction of sp³-hybridized carbons (Fsp3) is 0.629. The van der Waals surface area contributed by atoms with E-state index < -0.39 is 0 Å². The molecule has 2 aromatic carbocycles. The normalized spacial score (nSPS) is 10.5. The number of nitrogens with one attached hydrogen (secondary N) is 1. The van der Waals surface area contributed by atoms with Gasteiger partial charge in [0.25, 0.3) is 0 Å². The van der Waals surface area contributed by atoms with Gasteiger partial charge in [-0.2, -0.15) is 0 Å². The van der Waals surface area contributed by atoms with Crippen molar-refractivity contribution in [3.8, 4) is 5.75 Å². The molecule has 0 radical (unpaired) electrons. The first-order valence-electron chi connectivity index (χ1n) is 16.8. The Morgan fingerprint density at radius 1 is 0.542 bits per heavy atom. The molecule has 2 rings (SSSR count). The minimum absolute atomic E-state index is 0.556. The molecule has 0 amide bonds. The third-order valence-corrected chi connectivity index (χ3v) is 6.20. The highest BCUT2D eigenvalue weighted by atomic mass is 16.5. The Bertz CT molecular complexity index is 877. The summed E-state index contributed by atoms with van der Waals surface area (Å²) in [7, 11) is 1.59. The zero-order valence-corrected chi connectivity index (χ0v) is 29.1. The van der Waals surface area contributed by atoms with Gasteiger partial charge in [0.2, 0.25) is 0 Å². The lowest BCUT2D eigenvalue weighted by molar-refractivity contribution is 0.0494. The second-order valence-corrected chi connectivity index (χ2v) is 10.2. The van der Waals surface area contributed by atoms with Gasteiger partial charge in [-0.05, 0) is 54.7 Å². The molecule has 0 saturated heterocycles. The van der Waals surface area contributed by atoms with Crippen molar-refractivity contribution in [2.75, 3.05) is 119 Å². The Morgan fingerprint density at radius 2 is 0.979 bits per heavy atom. The average molecular weight is 682 g/mol. The van der Waals surface area contributed by atoms with Gasteiger partial charge in [-0.15, -0.1) is 0 Å². The second kappa shape index (κ2) is 37.3. The van der Waals surface area contributed by atoms with Crippen molar-refractivity contribution < 1.29 is 38.0 Å². The van der Waals surface area contributed by atoms with E-state index in [1.165, 1.54) is 11.1 Å². The van der Waals surface area contributed by atoms with Crippen LogP contribution in [0.2, 0.25) is 0 Å². The smallest absolute Gasteiger partial charge is 0.150 e. The first-order chi connectivity index (χ1) is 23.6. The molecule has 276 valence electrons. The second-order valence-electron chi connectivity index (χ2n) is 10.2. The van der Waals surface area contributed by atoms with Crippen molar-refractivity contribution >= 4 is 6.29 Å². The zero-order chi connectivity index (χ0) is 35.2. The van der Waals surface area contributed by atoms with Crippen molar-refractivity contribution in [3.05, 3.63) is 65.2 Å². The molecule has 13 nitrogen and oxygen atoms in total. The number of hydrogen-bond donors (Lipinski definition) is 5. The predicted molar refractivity (Wildman–Crippen MR) is 191 cm³/mol. The molecule has 0 atom stereocenters. The molecule has 2 aromatic rings. The van der Waals surface area contributed by atoms with E-state index in [2.05, 4.69) is 29.6 Å².